The summed E-state index contributed by atoms with van der Waals surface area (Å²) in [7, 11) is -1.88. The number of anilines is 1. The van der Waals surface area contributed by atoms with Crippen molar-refractivity contribution < 1.29 is 13.2 Å². The minimum absolute atomic E-state index is 0.0914. The number of hydrogen-bond donors (Lipinski definition) is 2. The highest BCUT2D eigenvalue weighted by Crippen LogP contribution is 2.24. The molecule has 1 aliphatic rings. The van der Waals surface area contributed by atoms with E-state index in [1.807, 2.05) is 56.3 Å². The molecule has 1 atom stereocenters. The molecule has 2 N–H and O–H groups in total. The summed E-state index contributed by atoms with van der Waals surface area (Å²) in [6, 6.07) is 16.1. The summed E-state index contributed by atoms with van der Waals surface area (Å²) in [5.41, 5.74) is 3.43. The first kappa shape index (κ1) is 24.1. The van der Waals surface area contributed by atoms with Crippen LogP contribution in [0.15, 0.2) is 59.5 Å². The minimum atomic E-state index is -3.53. The van der Waals surface area contributed by atoms with E-state index in [0.29, 0.717) is 24.5 Å². The fourth-order valence-electron chi connectivity index (χ4n) is 4.29. The number of urea groups is 1. The van der Waals surface area contributed by atoms with Crippen molar-refractivity contribution in [2.24, 2.45) is 0 Å². The van der Waals surface area contributed by atoms with Crippen LogP contribution in [0.1, 0.15) is 17.7 Å². The summed E-state index contributed by atoms with van der Waals surface area (Å²) in [4.78, 5) is 19.5. The molecule has 8 nitrogen and oxygen atoms in total. The van der Waals surface area contributed by atoms with E-state index in [1.54, 1.807) is 19.2 Å². The van der Waals surface area contributed by atoms with Gasteiger partial charge in [0.05, 0.1) is 16.1 Å². The van der Waals surface area contributed by atoms with E-state index >= 15 is 0 Å². The molecule has 4 rings (SSSR count). The number of aryl methyl sites for hydroxylation is 2. The summed E-state index contributed by atoms with van der Waals surface area (Å²) in [5.74, 6) is 0. The van der Waals surface area contributed by atoms with Crippen molar-refractivity contribution in [2.45, 2.75) is 31.2 Å². The molecule has 3 aromatic rings. The lowest BCUT2D eigenvalue weighted by molar-refractivity contribution is 0.248. The number of benzene rings is 2. The van der Waals surface area contributed by atoms with Gasteiger partial charge < -0.3 is 10.6 Å². The van der Waals surface area contributed by atoms with E-state index < -0.39 is 10.0 Å². The third-order valence-electron chi connectivity index (χ3n) is 6.27. The third kappa shape index (κ3) is 5.38. The van der Waals surface area contributed by atoms with Gasteiger partial charge in [-0.25, -0.2) is 13.2 Å². The molecule has 2 amide bonds. The third-order valence-corrected chi connectivity index (χ3v) is 8.19. The normalized spacial score (nSPS) is 16.8. The van der Waals surface area contributed by atoms with Crippen molar-refractivity contribution in [1.29, 1.82) is 0 Å². The van der Waals surface area contributed by atoms with Crippen LogP contribution in [0.2, 0.25) is 0 Å². The van der Waals surface area contributed by atoms with E-state index in [9.17, 15) is 13.2 Å². The monoisotopic (exact) mass is 481 g/mol. The summed E-state index contributed by atoms with van der Waals surface area (Å²) in [6.45, 7) is 6.38. The lowest BCUT2D eigenvalue weighted by Crippen LogP contribution is -2.40. The Labute approximate surface area is 201 Å². The van der Waals surface area contributed by atoms with Crippen LogP contribution in [0, 0.1) is 13.8 Å². The van der Waals surface area contributed by atoms with E-state index in [1.165, 1.54) is 4.31 Å². The first-order chi connectivity index (χ1) is 16.2. The largest absolute Gasteiger partial charge is 0.337 e. The minimum Gasteiger partial charge on any atom is -0.337 e. The van der Waals surface area contributed by atoms with E-state index in [0.717, 1.165) is 40.8 Å². The maximum atomic E-state index is 13.0. The topological polar surface area (TPSA) is 94.6 Å². The Balaban J connectivity index is 1.28. The van der Waals surface area contributed by atoms with Crippen LogP contribution in [-0.2, 0) is 10.0 Å². The quantitative estimate of drug-likeness (QED) is 0.540. The molecule has 0 aliphatic carbocycles. The van der Waals surface area contributed by atoms with Crippen molar-refractivity contribution in [3.05, 3.63) is 65.9 Å². The van der Waals surface area contributed by atoms with Gasteiger partial charge in [-0.3, -0.25) is 9.88 Å². The zero-order valence-corrected chi connectivity index (χ0v) is 20.6. The van der Waals surface area contributed by atoms with Crippen molar-refractivity contribution in [1.82, 2.24) is 19.5 Å². The van der Waals surface area contributed by atoms with Crippen LogP contribution in [0.3, 0.4) is 0 Å². The fraction of sp³-hybridized carbons (Fsp3) is 0.360. The standard InChI is InChI=1S/C25H31N5O3S/c1-18-8-10-21(11-9-18)34(32,33)29(3)20-12-14-30(17-20)15-13-26-25(31)28-24-16-19(2)27-23-7-5-4-6-22(23)24/h4-11,16,20H,12-15,17H2,1-3H3,(H2,26,27,28,31). The van der Waals surface area contributed by atoms with Crippen molar-refractivity contribution in [2.75, 3.05) is 38.5 Å². The van der Waals surface area contributed by atoms with Gasteiger partial charge in [-0.05, 0) is 51.1 Å². The molecule has 1 fully saturated rings. The van der Waals surface area contributed by atoms with Crippen LogP contribution < -0.4 is 10.6 Å². The van der Waals surface area contributed by atoms with Gasteiger partial charge in [-0.2, -0.15) is 4.31 Å². The Kier molecular flexibility index (Phi) is 7.16. The highest BCUT2D eigenvalue weighted by atomic mass is 32.2. The number of fused-ring (bicyclic) bond motifs is 1. The number of carbonyl (C=O) groups is 1. The van der Waals surface area contributed by atoms with E-state index in [4.69, 9.17) is 0 Å². The number of likely N-dealkylation sites (N-methyl/N-ethyl adjacent to an activating group) is 1. The van der Waals surface area contributed by atoms with Gasteiger partial charge >= 0.3 is 6.03 Å². The molecular weight excluding hydrogens is 450 g/mol. The first-order valence-corrected chi connectivity index (χ1v) is 12.9. The molecule has 1 aromatic heterocycles. The number of nitrogens with zero attached hydrogens (tertiary/aromatic N) is 3. The molecule has 34 heavy (non-hydrogen) atoms. The molecule has 1 unspecified atom stereocenters. The van der Waals surface area contributed by atoms with Gasteiger partial charge in [0.2, 0.25) is 10.0 Å². The van der Waals surface area contributed by atoms with Gasteiger partial charge in [0.25, 0.3) is 0 Å². The highest BCUT2D eigenvalue weighted by molar-refractivity contribution is 7.89. The summed E-state index contributed by atoms with van der Waals surface area (Å²) in [6.07, 6.45) is 0.760. The second-order valence-corrected chi connectivity index (χ2v) is 10.8. The summed E-state index contributed by atoms with van der Waals surface area (Å²) in [5, 5.41) is 6.72. The number of para-hydroxylation sites is 1. The van der Waals surface area contributed by atoms with Crippen molar-refractivity contribution in [3.63, 3.8) is 0 Å². The second-order valence-electron chi connectivity index (χ2n) is 8.79. The smallest absolute Gasteiger partial charge is 0.319 e. The number of hydrogen-bond acceptors (Lipinski definition) is 5. The Morgan fingerprint density at radius 2 is 1.88 bits per heavy atom. The number of nitrogens with one attached hydrogen (secondary N) is 2. The summed E-state index contributed by atoms with van der Waals surface area (Å²) >= 11 is 0. The van der Waals surface area contributed by atoms with Gasteiger partial charge in [0, 0.05) is 43.8 Å². The Morgan fingerprint density at radius 1 is 1.15 bits per heavy atom. The Hall–Kier alpha value is -3.01. The van der Waals surface area contributed by atoms with Crippen molar-refractivity contribution >= 4 is 32.6 Å². The lowest BCUT2D eigenvalue weighted by atomic mass is 10.1. The van der Waals surface area contributed by atoms with Crippen molar-refractivity contribution in [3.8, 4) is 0 Å². The number of likely N-dealkylation sites (tertiary alicyclic amines) is 1. The molecular formula is C25H31N5O3S. The van der Waals surface area contributed by atoms with Gasteiger partial charge in [0.15, 0.2) is 0 Å². The molecule has 0 spiro atoms. The number of amides is 2. The van der Waals surface area contributed by atoms with Crippen LogP contribution in [0.4, 0.5) is 10.5 Å². The molecule has 2 heterocycles. The number of carbonyl (C=O) groups excluding carboxylic acids is 1. The van der Waals surface area contributed by atoms with Gasteiger partial charge in [0.1, 0.15) is 0 Å². The van der Waals surface area contributed by atoms with Gasteiger partial charge in [-0.15, -0.1) is 0 Å². The van der Waals surface area contributed by atoms with Crippen LogP contribution in [0.25, 0.3) is 10.9 Å². The maximum absolute atomic E-state index is 13.0. The number of pyridine rings is 1. The Bertz CT molecular complexity index is 1280. The van der Waals surface area contributed by atoms with Gasteiger partial charge in [-0.1, -0.05) is 35.9 Å². The average molecular weight is 482 g/mol. The van der Waals surface area contributed by atoms with E-state index in [2.05, 4.69) is 20.5 Å². The molecule has 1 aliphatic heterocycles. The molecule has 0 saturated carbocycles. The maximum Gasteiger partial charge on any atom is 0.319 e. The van der Waals surface area contributed by atoms with Crippen LogP contribution >= 0.6 is 0 Å². The molecule has 180 valence electrons. The SMILES string of the molecule is Cc1ccc(S(=O)(=O)N(C)C2CCN(CCNC(=O)Nc3cc(C)nc4ccccc34)C2)cc1. The van der Waals surface area contributed by atoms with E-state index in [-0.39, 0.29) is 12.1 Å². The predicted molar refractivity (Wildman–Crippen MR) is 134 cm³/mol. The zero-order chi connectivity index (χ0) is 24.3. The number of rotatable bonds is 7. The number of sulfonamides is 1. The van der Waals surface area contributed by atoms with Crippen LogP contribution in [0.5, 0.6) is 0 Å². The Morgan fingerprint density at radius 3 is 2.65 bits per heavy atom. The molecule has 0 bridgehead atoms. The second kappa shape index (κ2) is 10.1. The first-order valence-electron chi connectivity index (χ1n) is 11.4. The molecule has 1 saturated heterocycles. The number of aromatic nitrogens is 1. The zero-order valence-electron chi connectivity index (χ0n) is 19.8. The predicted octanol–water partition coefficient (Wildman–Crippen LogP) is 3.37. The lowest BCUT2D eigenvalue weighted by Gasteiger charge is -2.24. The highest BCUT2D eigenvalue weighted by Gasteiger charge is 2.33. The average Bonchev–Trinajstić information content (AvgIpc) is 3.27. The molecule has 9 heteroatoms. The fourth-order valence-corrected chi connectivity index (χ4v) is 5.67. The van der Waals surface area contributed by atoms with Crippen LogP contribution in [-0.4, -0.2) is 67.9 Å². The molecule has 2 aromatic carbocycles. The molecule has 0 radical (unpaired) electrons. The summed E-state index contributed by atoms with van der Waals surface area (Å²) < 4.78 is 27.4.